The van der Waals surface area contributed by atoms with E-state index in [9.17, 15) is 28.5 Å². The van der Waals surface area contributed by atoms with Crippen molar-refractivity contribution in [3.05, 3.63) is 54.2 Å². The lowest BCUT2D eigenvalue weighted by molar-refractivity contribution is -0.192. The molecule has 3 aromatic rings. The largest absolute Gasteiger partial charge is 0.490 e. The number of fused-ring (bicyclic) bond motifs is 1. The number of imidazole rings is 1. The van der Waals surface area contributed by atoms with Crippen LogP contribution in [0.1, 0.15) is 17.5 Å². The average Bonchev–Trinajstić information content (AvgIpc) is 3.34. The van der Waals surface area contributed by atoms with Gasteiger partial charge in [-0.05, 0) is 11.6 Å². The minimum Gasteiger partial charge on any atom is -0.475 e. The van der Waals surface area contributed by atoms with Gasteiger partial charge in [0.25, 0.3) is 0 Å². The summed E-state index contributed by atoms with van der Waals surface area (Å²) in [6, 6.07) is 9.81. The number of aliphatic carboxylic acids is 1. The third-order valence-corrected chi connectivity index (χ3v) is 4.65. The molecule has 1 aliphatic heterocycles. The summed E-state index contributed by atoms with van der Waals surface area (Å²) in [6.45, 7) is -0.387. The quantitative estimate of drug-likeness (QED) is 0.443. The topological polar surface area (TPSA) is 151 Å². The van der Waals surface area contributed by atoms with E-state index in [1.807, 2.05) is 42.5 Å². The van der Waals surface area contributed by atoms with Crippen molar-refractivity contribution >= 4 is 29.3 Å². The van der Waals surface area contributed by atoms with Crippen LogP contribution in [0.3, 0.4) is 0 Å². The molecule has 0 saturated carbocycles. The number of aromatic nitrogens is 4. The minimum atomic E-state index is -5.08. The highest BCUT2D eigenvalue weighted by Crippen LogP contribution is 2.31. The number of alkyl halides is 3. The van der Waals surface area contributed by atoms with Gasteiger partial charge in [0.05, 0.1) is 18.6 Å². The Kier molecular flexibility index (Phi) is 7.38. The highest BCUT2D eigenvalue weighted by molar-refractivity contribution is 5.84. The fraction of sp³-hybridized carbons (Fsp3) is 0.300. The molecule has 4 N–H and O–H groups in total. The molecule has 1 aliphatic rings. The minimum absolute atomic E-state index is 0.387. The normalized spacial score (nSPS) is 23.0. The smallest absolute Gasteiger partial charge is 0.475 e. The molecule has 4 atom stereocenters. The number of rotatable bonds is 4. The van der Waals surface area contributed by atoms with Gasteiger partial charge in [0.1, 0.15) is 30.2 Å². The van der Waals surface area contributed by atoms with Crippen LogP contribution in [0.5, 0.6) is 0 Å². The number of halogens is 3. The van der Waals surface area contributed by atoms with Crippen LogP contribution >= 0.6 is 0 Å². The highest BCUT2D eigenvalue weighted by Gasteiger charge is 2.44. The molecule has 0 radical (unpaired) electrons. The Morgan fingerprint density at radius 2 is 1.76 bits per heavy atom. The number of hydrogen-bond donors (Lipinski definition) is 4. The summed E-state index contributed by atoms with van der Waals surface area (Å²) in [4.78, 5) is 21.7. The number of aliphatic hydroxyl groups excluding tert-OH is 3. The van der Waals surface area contributed by atoms with Crippen LogP contribution in [0.4, 0.5) is 13.2 Å². The predicted molar refractivity (Wildman–Crippen MR) is 107 cm³/mol. The van der Waals surface area contributed by atoms with E-state index in [0.29, 0.717) is 16.9 Å². The highest BCUT2D eigenvalue weighted by atomic mass is 19.4. The number of nitrogens with zero attached hydrogens (tertiary/aromatic N) is 4. The third-order valence-electron chi connectivity index (χ3n) is 4.65. The number of carboxylic acid groups (broad SMARTS) is 1. The summed E-state index contributed by atoms with van der Waals surface area (Å²) >= 11 is 0. The first kappa shape index (κ1) is 24.3. The summed E-state index contributed by atoms with van der Waals surface area (Å²) < 4.78 is 38.8. The molecule has 0 amide bonds. The summed E-state index contributed by atoms with van der Waals surface area (Å²) in [7, 11) is 0. The molecule has 0 aliphatic carbocycles. The maximum absolute atomic E-state index is 10.6. The molecular formula is C20H19F3N4O6. The summed E-state index contributed by atoms with van der Waals surface area (Å²) in [5.41, 5.74) is 2.69. The van der Waals surface area contributed by atoms with Gasteiger partial charge in [-0.3, -0.25) is 4.57 Å². The van der Waals surface area contributed by atoms with Gasteiger partial charge in [-0.15, -0.1) is 0 Å². The van der Waals surface area contributed by atoms with Crippen molar-refractivity contribution < 1.29 is 43.1 Å². The molecular weight excluding hydrogens is 449 g/mol. The molecule has 10 nitrogen and oxygen atoms in total. The van der Waals surface area contributed by atoms with E-state index in [1.54, 1.807) is 4.57 Å². The fourth-order valence-electron chi connectivity index (χ4n) is 3.03. The lowest BCUT2D eigenvalue weighted by Crippen LogP contribution is -2.33. The van der Waals surface area contributed by atoms with Gasteiger partial charge in [0, 0.05) is 0 Å². The zero-order chi connectivity index (χ0) is 24.2. The molecule has 4 rings (SSSR count). The molecule has 1 saturated heterocycles. The summed E-state index contributed by atoms with van der Waals surface area (Å²) in [5, 5.41) is 36.5. The second-order valence-corrected chi connectivity index (χ2v) is 6.86. The van der Waals surface area contributed by atoms with E-state index in [0.717, 1.165) is 5.56 Å². The van der Waals surface area contributed by atoms with Crippen molar-refractivity contribution in [1.82, 2.24) is 19.5 Å². The van der Waals surface area contributed by atoms with Crippen molar-refractivity contribution in [2.45, 2.75) is 30.7 Å². The van der Waals surface area contributed by atoms with Crippen LogP contribution in [-0.2, 0) is 9.53 Å². The molecule has 1 aromatic carbocycles. The Hall–Kier alpha value is -3.39. The van der Waals surface area contributed by atoms with Gasteiger partial charge >= 0.3 is 12.1 Å². The van der Waals surface area contributed by atoms with E-state index in [1.165, 1.54) is 12.7 Å². The maximum Gasteiger partial charge on any atom is 0.490 e. The first-order valence-corrected chi connectivity index (χ1v) is 9.46. The molecule has 13 heteroatoms. The first-order chi connectivity index (χ1) is 15.6. The van der Waals surface area contributed by atoms with Gasteiger partial charge in [0.2, 0.25) is 0 Å². The molecule has 2 aromatic heterocycles. The summed E-state index contributed by atoms with van der Waals surface area (Å²) in [5.74, 6) is -2.76. The molecule has 0 bridgehead atoms. The maximum atomic E-state index is 10.6. The van der Waals surface area contributed by atoms with Crippen LogP contribution in [0.2, 0.25) is 0 Å². The number of carboxylic acids is 1. The molecule has 176 valence electrons. The predicted octanol–water partition coefficient (Wildman–Crippen LogP) is 1.24. The van der Waals surface area contributed by atoms with Crippen LogP contribution in [-0.4, -0.2) is 77.0 Å². The van der Waals surface area contributed by atoms with Gasteiger partial charge < -0.3 is 25.2 Å². The Morgan fingerprint density at radius 1 is 1.09 bits per heavy atom. The average molecular weight is 468 g/mol. The molecule has 1 fully saturated rings. The second kappa shape index (κ2) is 10.0. The molecule has 3 heterocycles. The van der Waals surface area contributed by atoms with E-state index in [2.05, 4.69) is 15.0 Å². The Labute approximate surface area is 184 Å². The van der Waals surface area contributed by atoms with Gasteiger partial charge in [0.15, 0.2) is 11.9 Å². The van der Waals surface area contributed by atoms with Crippen molar-refractivity contribution in [3.63, 3.8) is 0 Å². The van der Waals surface area contributed by atoms with Crippen molar-refractivity contribution in [2.24, 2.45) is 0 Å². The van der Waals surface area contributed by atoms with E-state index in [4.69, 9.17) is 14.6 Å². The number of aliphatic hydroxyl groups is 3. The molecule has 33 heavy (non-hydrogen) atoms. The number of ether oxygens (including phenoxy) is 1. The van der Waals surface area contributed by atoms with Crippen molar-refractivity contribution in [1.29, 1.82) is 0 Å². The number of hydrogen-bond acceptors (Lipinski definition) is 8. The monoisotopic (exact) mass is 468 g/mol. The molecule has 0 spiro atoms. The fourth-order valence-corrected chi connectivity index (χ4v) is 3.03. The van der Waals surface area contributed by atoms with Gasteiger partial charge in [-0.25, -0.2) is 19.7 Å². The Bertz CT molecular complexity index is 1120. The van der Waals surface area contributed by atoms with Crippen LogP contribution in [0, 0.1) is 0 Å². The third kappa shape index (κ3) is 5.51. The number of carbonyl (C=O) groups is 1. The Morgan fingerprint density at radius 3 is 2.33 bits per heavy atom. The van der Waals surface area contributed by atoms with Gasteiger partial charge in [-0.1, -0.05) is 36.4 Å². The van der Waals surface area contributed by atoms with Crippen LogP contribution in [0.15, 0.2) is 43.0 Å². The zero-order valence-electron chi connectivity index (χ0n) is 16.7. The van der Waals surface area contributed by atoms with Crippen LogP contribution < -0.4 is 0 Å². The van der Waals surface area contributed by atoms with E-state index >= 15 is 0 Å². The first-order valence-electron chi connectivity index (χ1n) is 9.46. The lowest BCUT2D eigenvalue weighted by Gasteiger charge is -2.16. The standard InChI is InChI=1S/C18H18N4O4.C2HF3O2/c23-8-13-15(24)16(25)18(26-13)22-10-21-14-12(19-9-20-17(14)22)7-6-11-4-2-1-3-5-11;3-2(4,5)1(6)7/h1-7,9-10,13,15-16,18,23-25H,8H2;(H,6,7)/b7-6+;/t13-,15-,16-,18-;/m1./s1. The second-order valence-electron chi connectivity index (χ2n) is 6.86. The van der Waals surface area contributed by atoms with Gasteiger partial charge in [-0.2, -0.15) is 13.2 Å². The van der Waals surface area contributed by atoms with Crippen molar-refractivity contribution in [3.8, 4) is 0 Å². The van der Waals surface area contributed by atoms with E-state index in [-0.39, 0.29) is 6.61 Å². The van der Waals surface area contributed by atoms with Crippen molar-refractivity contribution in [2.75, 3.05) is 6.61 Å². The summed E-state index contributed by atoms with van der Waals surface area (Å²) in [6.07, 6.45) is -2.53. The number of benzene rings is 1. The van der Waals surface area contributed by atoms with Crippen LogP contribution in [0.25, 0.3) is 23.3 Å². The zero-order valence-corrected chi connectivity index (χ0v) is 16.7. The van der Waals surface area contributed by atoms with E-state index < -0.39 is 36.7 Å². The SMILES string of the molecule is O=C(O)C(F)(F)F.OC[C@H]1O[C@@H](n2cnc3c(/C=C/c4ccccc4)ncnc32)[C@H](O)[C@@H]1O. The Balaban J connectivity index is 0.000000383. The molecule has 0 unspecified atom stereocenters. The lowest BCUT2D eigenvalue weighted by atomic mass is 10.1.